The van der Waals surface area contributed by atoms with Crippen molar-refractivity contribution in [1.82, 2.24) is 0 Å². The smallest absolute Gasteiger partial charge is 0.104 e. The maximum absolute atomic E-state index is 6.05. The molecule has 5 aliphatic rings. The Labute approximate surface area is 183 Å². The van der Waals surface area contributed by atoms with Crippen LogP contribution in [0.5, 0.6) is 0 Å². The van der Waals surface area contributed by atoms with E-state index in [-0.39, 0.29) is 0 Å². The van der Waals surface area contributed by atoms with Crippen LogP contribution >= 0.6 is 0 Å². The van der Waals surface area contributed by atoms with Gasteiger partial charge in [-0.15, -0.1) is 0 Å². The fourth-order valence-electron chi connectivity index (χ4n) is 6.80. The summed E-state index contributed by atoms with van der Waals surface area (Å²) >= 11 is 0. The number of hydrogen-bond acceptors (Lipinski definition) is 4. The van der Waals surface area contributed by atoms with Crippen molar-refractivity contribution in [2.24, 2.45) is 29.6 Å². The van der Waals surface area contributed by atoms with E-state index in [1.807, 2.05) is 0 Å². The van der Waals surface area contributed by atoms with Crippen molar-refractivity contribution in [2.75, 3.05) is 33.0 Å². The summed E-state index contributed by atoms with van der Waals surface area (Å²) in [5.41, 5.74) is 0. The van der Waals surface area contributed by atoms with Crippen LogP contribution in [-0.4, -0.2) is 51.3 Å². The maximum atomic E-state index is 6.05. The van der Waals surface area contributed by atoms with Crippen LogP contribution in [0.4, 0.5) is 0 Å². The van der Waals surface area contributed by atoms with Crippen molar-refractivity contribution in [3.05, 3.63) is 0 Å². The summed E-state index contributed by atoms with van der Waals surface area (Å²) in [7, 11) is 0. The van der Waals surface area contributed by atoms with Gasteiger partial charge < -0.3 is 18.9 Å². The molecule has 0 spiro atoms. The van der Waals surface area contributed by atoms with Crippen molar-refractivity contribution in [3.8, 4) is 0 Å². The quantitative estimate of drug-likeness (QED) is 0.352. The molecular formula is C26H44O4. The highest BCUT2D eigenvalue weighted by Crippen LogP contribution is 2.45. The Morgan fingerprint density at radius 3 is 1.57 bits per heavy atom. The van der Waals surface area contributed by atoms with E-state index < -0.39 is 0 Å². The van der Waals surface area contributed by atoms with Crippen molar-refractivity contribution in [1.29, 1.82) is 0 Å². The fourth-order valence-corrected chi connectivity index (χ4v) is 6.80. The normalized spacial score (nSPS) is 44.0. The predicted octanol–water partition coefficient (Wildman–Crippen LogP) is 5.38. The van der Waals surface area contributed by atoms with E-state index in [1.54, 1.807) is 0 Å². The van der Waals surface area contributed by atoms with Crippen LogP contribution < -0.4 is 0 Å². The number of epoxide rings is 2. The number of rotatable bonds is 10. The Balaban J connectivity index is 0.938. The monoisotopic (exact) mass is 420 g/mol. The van der Waals surface area contributed by atoms with Crippen molar-refractivity contribution in [2.45, 2.75) is 102 Å². The molecule has 2 unspecified atom stereocenters. The van der Waals surface area contributed by atoms with Crippen LogP contribution in [-0.2, 0) is 18.9 Å². The van der Waals surface area contributed by atoms with Crippen LogP contribution in [0.2, 0.25) is 0 Å². The zero-order valence-electron chi connectivity index (χ0n) is 19.0. The molecule has 5 rings (SSSR count). The minimum absolute atomic E-state index is 0.418. The lowest BCUT2D eigenvalue weighted by atomic mass is 9.65. The fraction of sp³-hybridized carbons (Fsp3) is 1.00. The van der Waals surface area contributed by atoms with E-state index in [4.69, 9.17) is 18.9 Å². The van der Waals surface area contributed by atoms with Crippen LogP contribution in [0, 0.1) is 29.6 Å². The molecule has 0 radical (unpaired) electrons. The molecule has 2 atom stereocenters. The molecule has 0 amide bonds. The summed E-state index contributed by atoms with van der Waals surface area (Å²) in [5, 5.41) is 0. The summed E-state index contributed by atoms with van der Waals surface area (Å²) in [4.78, 5) is 0. The van der Waals surface area contributed by atoms with Gasteiger partial charge in [0, 0.05) is 6.61 Å². The molecular weight excluding hydrogens is 376 g/mol. The molecule has 2 heterocycles. The Bertz CT molecular complexity index is 493. The minimum atomic E-state index is 0.418. The van der Waals surface area contributed by atoms with Gasteiger partial charge in [0.05, 0.1) is 32.5 Å². The van der Waals surface area contributed by atoms with Crippen molar-refractivity contribution >= 4 is 0 Å². The second-order valence-corrected chi connectivity index (χ2v) is 11.1. The molecule has 2 saturated heterocycles. The highest BCUT2D eigenvalue weighted by Gasteiger charge is 2.35. The van der Waals surface area contributed by atoms with Crippen LogP contribution in [0.3, 0.4) is 0 Å². The third kappa shape index (κ3) is 6.43. The Hall–Kier alpha value is -0.160. The Morgan fingerprint density at radius 1 is 0.567 bits per heavy atom. The number of hydrogen-bond donors (Lipinski definition) is 0. The highest BCUT2D eigenvalue weighted by atomic mass is 16.6. The topological polar surface area (TPSA) is 43.5 Å². The zero-order valence-corrected chi connectivity index (χ0v) is 19.0. The van der Waals surface area contributed by atoms with Crippen LogP contribution in [0.25, 0.3) is 0 Å². The lowest BCUT2D eigenvalue weighted by Gasteiger charge is -2.41. The van der Waals surface area contributed by atoms with Gasteiger partial charge in [0.1, 0.15) is 12.2 Å². The number of ether oxygens (including phenoxy) is 4. The molecule has 3 aliphatic carbocycles. The Kier molecular flexibility index (Phi) is 7.69. The lowest BCUT2D eigenvalue weighted by Crippen LogP contribution is -2.31. The maximum Gasteiger partial charge on any atom is 0.104 e. The summed E-state index contributed by atoms with van der Waals surface area (Å²) in [6.45, 7) is 4.44. The SMILES string of the molecule is C(CC1CCC(C2CCC(C3CCC(OCC4CO4)CC3)CC2)CC1)OCC1CO1. The van der Waals surface area contributed by atoms with E-state index >= 15 is 0 Å². The third-order valence-electron chi connectivity index (χ3n) is 9.06. The first-order valence-electron chi connectivity index (χ1n) is 13.3. The van der Waals surface area contributed by atoms with Gasteiger partial charge in [-0.3, -0.25) is 0 Å². The van der Waals surface area contributed by atoms with Gasteiger partial charge in [0.2, 0.25) is 0 Å². The molecule has 0 aromatic rings. The molecule has 172 valence electrons. The van der Waals surface area contributed by atoms with Gasteiger partial charge in [-0.25, -0.2) is 0 Å². The second kappa shape index (κ2) is 10.6. The molecule has 30 heavy (non-hydrogen) atoms. The van der Waals surface area contributed by atoms with E-state index in [2.05, 4.69) is 0 Å². The molecule has 0 aromatic heterocycles. The second-order valence-electron chi connectivity index (χ2n) is 11.1. The summed E-state index contributed by atoms with van der Waals surface area (Å²) < 4.78 is 22.3. The van der Waals surface area contributed by atoms with Crippen LogP contribution in [0.1, 0.15) is 83.5 Å². The van der Waals surface area contributed by atoms with Gasteiger partial charge in [-0.2, -0.15) is 0 Å². The summed E-state index contributed by atoms with van der Waals surface area (Å²) in [5.74, 6) is 4.97. The predicted molar refractivity (Wildman–Crippen MR) is 118 cm³/mol. The summed E-state index contributed by atoms with van der Waals surface area (Å²) in [6.07, 6.45) is 19.9. The standard InChI is InChI=1S/C26H44O4/c1-3-20(4-2-19(1)13-14-27-15-25-16-29-25)21-5-7-22(8-6-21)23-9-11-24(12-10-23)28-17-26-18-30-26/h19-26H,1-18H2. The molecule has 4 heteroatoms. The molecule has 4 nitrogen and oxygen atoms in total. The first-order valence-corrected chi connectivity index (χ1v) is 13.3. The molecule has 0 aromatic carbocycles. The van der Waals surface area contributed by atoms with E-state index in [0.717, 1.165) is 62.6 Å². The average molecular weight is 421 g/mol. The van der Waals surface area contributed by atoms with Gasteiger partial charge in [-0.05, 0) is 100 Å². The molecule has 0 N–H and O–H groups in total. The van der Waals surface area contributed by atoms with Crippen LogP contribution in [0.15, 0.2) is 0 Å². The van der Waals surface area contributed by atoms with Gasteiger partial charge >= 0.3 is 0 Å². The van der Waals surface area contributed by atoms with Crippen molar-refractivity contribution < 1.29 is 18.9 Å². The van der Waals surface area contributed by atoms with E-state index in [9.17, 15) is 0 Å². The first-order chi connectivity index (χ1) is 14.8. The van der Waals surface area contributed by atoms with Gasteiger partial charge in [0.15, 0.2) is 0 Å². The molecule has 0 bridgehead atoms. The largest absolute Gasteiger partial charge is 0.379 e. The average Bonchev–Trinajstić information content (AvgIpc) is 3.72. The zero-order chi connectivity index (χ0) is 20.2. The molecule has 3 saturated carbocycles. The van der Waals surface area contributed by atoms with Gasteiger partial charge in [-0.1, -0.05) is 12.8 Å². The Morgan fingerprint density at radius 2 is 1.03 bits per heavy atom. The third-order valence-corrected chi connectivity index (χ3v) is 9.06. The minimum Gasteiger partial charge on any atom is -0.379 e. The summed E-state index contributed by atoms with van der Waals surface area (Å²) in [6, 6.07) is 0. The van der Waals surface area contributed by atoms with Gasteiger partial charge in [0.25, 0.3) is 0 Å². The van der Waals surface area contributed by atoms with E-state index in [1.165, 1.54) is 83.5 Å². The van der Waals surface area contributed by atoms with Crippen molar-refractivity contribution in [3.63, 3.8) is 0 Å². The molecule has 2 aliphatic heterocycles. The lowest BCUT2D eigenvalue weighted by molar-refractivity contribution is -0.000915. The van der Waals surface area contributed by atoms with E-state index in [0.29, 0.717) is 18.3 Å². The molecule has 5 fully saturated rings. The highest BCUT2D eigenvalue weighted by molar-refractivity contribution is 4.86. The first kappa shape index (κ1) is 21.7.